The van der Waals surface area contributed by atoms with Crippen LogP contribution < -0.4 is 5.73 Å². The summed E-state index contributed by atoms with van der Waals surface area (Å²) in [6.45, 7) is 3.62. The van der Waals surface area contributed by atoms with Gasteiger partial charge in [-0.25, -0.2) is 0 Å². The molecule has 0 bridgehead atoms. The topological polar surface area (TPSA) is 70.1 Å². The first kappa shape index (κ1) is 11.7. The molecule has 1 rings (SSSR count). The molecule has 5 nitrogen and oxygen atoms in total. The number of carbonyl (C=O) groups is 1. The minimum atomic E-state index is -0.972. The van der Waals surface area contributed by atoms with E-state index in [0.29, 0.717) is 6.42 Å². The van der Waals surface area contributed by atoms with Gasteiger partial charge in [-0.05, 0) is 26.3 Å². The highest BCUT2D eigenvalue weighted by Gasteiger charge is 2.31. The lowest BCUT2D eigenvalue weighted by atomic mass is 9.95. The Labute approximate surface area is 89.2 Å². The highest BCUT2D eigenvalue weighted by atomic mass is 16.5. The number of nitrogens with zero attached hydrogens (tertiary/aromatic N) is 2. The normalized spacial score (nSPS) is 16.8. The molecule has 2 unspecified atom stereocenters. The third-order valence-electron chi connectivity index (χ3n) is 2.35. The molecule has 0 aliphatic rings. The molecule has 0 fully saturated rings. The minimum Gasteiger partial charge on any atom is -0.468 e. The molecular weight excluding hydrogens is 194 g/mol. The zero-order valence-electron chi connectivity index (χ0n) is 9.30. The Kier molecular flexibility index (Phi) is 3.47. The second-order valence-electron chi connectivity index (χ2n) is 3.95. The molecule has 5 heteroatoms. The van der Waals surface area contributed by atoms with E-state index in [2.05, 4.69) is 9.84 Å². The van der Waals surface area contributed by atoms with Gasteiger partial charge in [-0.3, -0.25) is 9.48 Å². The maximum atomic E-state index is 11.4. The Hall–Kier alpha value is -1.36. The van der Waals surface area contributed by atoms with Gasteiger partial charge in [0.1, 0.15) is 5.54 Å². The number of nitrogens with two attached hydrogens (primary N) is 1. The standard InChI is InChI=1S/C10H17N3O2/c1-8(13-6-4-5-12-13)7-10(2,11)9(14)15-3/h4-6,8H,7,11H2,1-3H3. The van der Waals surface area contributed by atoms with E-state index in [1.807, 2.05) is 19.2 Å². The molecule has 0 aromatic carbocycles. The number of ether oxygens (including phenoxy) is 1. The first-order valence-electron chi connectivity index (χ1n) is 4.84. The van der Waals surface area contributed by atoms with Crippen LogP contribution >= 0.6 is 0 Å². The van der Waals surface area contributed by atoms with Crippen molar-refractivity contribution in [3.63, 3.8) is 0 Å². The third kappa shape index (κ3) is 2.79. The lowest BCUT2D eigenvalue weighted by Gasteiger charge is -2.25. The monoisotopic (exact) mass is 211 g/mol. The first-order chi connectivity index (χ1) is 6.97. The van der Waals surface area contributed by atoms with Gasteiger partial charge in [0, 0.05) is 12.4 Å². The summed E-state index contributed by atoms with van der Waals surface area (Å²) < 4.78 is 6.41. The molecule has 2 N–H and O–H groups in total. The zero-order chi connectivity index (χ0) is 11.5. The van der Waals surface area contributed by atoms with Crippen molar-refractivity contribution in [1.82, 2.24) is 9.78 Å². The summed E-state index contributed by atoms with van der Waals surface area (Å²) in [5.41, 5.74) is 4.89. The van der Waals surface area contributed by atoms with Crippen LogP contribution in [0.5, 0.6) is 0 Å². The molecule has 15 heavy (non-hydrogen) atoms. The molecule has 0 aliphatic carbocycles. The predicted octanol–water partition coefficient (Wildman–Crippen LogP) is 0.725. The molecule has 1 aromatic rings. The van der Waals surface area contributed by atoms with Crippen molar-refractivity contribution in [1.29, 1.82) is 0 Å². The van der Waals surface area contributed by atoms with Crippen molar-refractivity contribution in [2.75, 3.05) is 7.11 Å². The molecule has 0 radical (unpaired) electrons. The summed E-state index contributed by atoms with van der Waals surface area (Å²) in [6, 6.07) is 1.90. The highest BCUT2D eigenvalue weighted by Crippen LogP contribution is 2.18. The second kappa shape index (κ2) is 4.44. The number of carbonyl (C=O) groups excluding carboxylic acids is 1. The van der Waals surface area contributed by atoms with Crippen molar-refractivity contribution < 1.29 is 9.53 Å². The van der Waals surface area contributed by atoms with Crippen LogP contribution in [-0.4, -0.2) is 28.4 Å². The molecule has 2 atom stereocenters. The van der Waals surface area contributed by atoms with Gasteiger partial charge in [0.2, 0.25) is 0 Å². The van der Waals surface area contributed by atoms with E-state index in [9.17, 15) is 4.79 Å². The van der Waals surface area contributed by atoms with Crippen LogP contribution in [0.15, 0.2) is 18.5 Å². The Morgan fingerprint density at radius 3 is 2.87 bits per heavy atom. The van der Waals surface area contributed by atoms with Crippen molar-refractivity contribution in [3.05, 3.63) is 18.5 Å². The fourth-order valence-corrected chi connectivity index (χ4v) is 1.57. The largest absolute Gasteiger partial charge is 0.468 e. The number of hydrogen-bond donors (Lipinski definition) is 1. The fraction of sp³-hybridized carbons (Fsp3) is 0.600. The quantitative estimate of drug-likeness (QED) is 0.745. The molecule has 0 amide bonds. The van der Waals surface area contributed by atoms with E-state index in [1.165, 1.54) is 7.11 Å². The van der Waals surface area contributed by atoms with Gasteiger partial charge in [-0.15, -0.1) is 0 Å². The first-order valence-corrected chi connectivity index (χ1v) is 4.84. The van der Waals surface area contributed by atoms with Gasteiger partial charge in [0.25, 0.3) is 0 Å². The van der Waals surface area contributed by atoms with Gasteiger partial charge in [0.05, 0.1) is 13.2 Å². The van der Waals surface area contributed by atoms with Gasteiger partial charge in [0.15, 0.2) is 0 Å². The number of rotatable bonds is 4. The van der Waals surface area contributed by atoms with Crippen molar-refractivity contribution >= 4 is 5.97 Å². The molecule has 0 saturated heterocycles. The van der Waals surface area contributed by atoms with E-state index >= 15 is 0 Å². The summed E-state index contributed by atoms with van der Waals surface area (Å²) in [7, 11) is 1.34. The van der Waals surface area contributed by atoms with Crippen LogP contribution in [0.3, 0.4) is 0 Å². The summed E-state index contributed by atoms with van der Waals surface area (Å²) in [6.07, 6.45) is 4.03. The Morgan fingerprint density at radius 1 is 1.73 bits per heavy atom. The van der Waals surface area contributed by atoms with E-state index in [-0.39, 0.29) is 6.04 Å². The SMILES string of the molecule is COC(=O)C(C)(N)CC(C)n1cccn1. The number of methoxy groups -OCH3 is 1. The maximum absolute atomic E-state index is 11.4. The highest BCUT2D eigenvalue weighted by molar-refractivity contribution is 5.79. The molecule has 0 spiro atoms. The number of hydrogen-bond acceptors (Lipinski definition) is 4. The number of esters is 1. The fourth-order valence-electron chi connectivity index (χ4n) is 1.57. The predicted molar refractivity (Wildman–Crippen MR) is 56.2 cm³/mol. The molecule has 84 valence electrons. The second-order valence-corrected chi connectivity index (χ2v) is 3.95. The molecule has 1 aromatic heterocycles. The summed E-state index contributed by atoms with van der Waals surface area (Å²) in [5.74, 6) is -0.401. The van der Waals surface area contributed by atoms with E-state index in [1.54, 1.807) is 17.8 Å². The molecule has 0 aliphatic heterocycles. The van der Waals surface area contributed by atoms with Crippen LogP contribution in [-0.2, 0) is 9.53 Å². The molecular formula is C10H17N3O2. The Balaban J connectivity index is 2.65. The summed E-state index contributed by atoms with van der Waals surface area (Å²) in [5, 5.41) is 4.09. The van der Waals surface area contributed by atoms with Crippen LogP contribution in [0.1, 0.15) is 26.3 Å². The van der Waals surface area contributed by atoms with Crippen LogP contribution in [0, 0.1) is 0 Å². The van der Waals surface area contributed by atoms with Gasteiger partial charge in [-0.2, -0.15) is 5.10 Å². The van der Waals surface area contributed by atoms with E-state index in [4.69, 9.17) is 5.73 Å². The van der Waals surface area contributed by atoms with Gasteiger partial charge < -0.3 is 10.5 Å². The third-order valence-corrected chi connectivity index (χ3v) is 2.35. The van der Waals surface area contributed by atoms with Gasteiger partial charge >= 0.3 is 5.97 Å². The van der Waals surface area contributed by atoms with Crippen molar-refractivity contribution in [2.45, 2.75) is 31.8 Å². The van der Waals surface area contributed by atoms with Crippen LogP contribution in [0.25, 0.3) is 0 Å². The van der Waals surface area contributed by atoms with E-state index in [0.717, 1.165) is 0 Å². The van der Waals surface area contributed by atoms with Crippen molar-refractivity contribution in [2.24, 2.45) is 5.73 Å². The lowest BCUT2D eigenvalue weighted by Crippen LogP contribution is -2.47. The molecule has 1 heterocycles. The zero-order valence-corrected chi connectivity index (χ0v) is 9.30. The summed E-state index contributed by atoms with van der Waals surface area (Å²) in [4.78, 5) is 11.4. The molecule has 0 saturated carbocycles. The Morgan fingerprint density at radius 2 is 2.40 bits per heavy atom. The van der Waals surface area contributed by atoms with E-state index < -0.39 is 11.5 Å². The van der Waals surface area contributed by atoms with Gasteiger partial charge in [-0.1, -0.05) is 0 Å². The smallest absolute Gasteiger partial charge is 0.325 e. The number of aromatic nitrogens is 2. The van der Waals surface area contributed by atoms with Crippen molar-refractivity contribution in [3.8, 4) is 0 Å². The van der Waals surface area contributed by atoms with Crippen LogP contribution in [0.2, 0.25) is 0 Å². The van der Waals surface area contributed by atoms with Crippen LogP contribution in [0.4, 0.5) is 0 Å². The maximum Gasteiger partial charge on any atom is 0.325 e. The average molecular weight is 211 g/mol. The lowest BCUT2D eigenvalue weighted by molar-refractivity contribution is -0.147. The minimum absolute atomic E-state index is 0.0640. The Bertz CT molecular complexity index is 319. The average Bonchev–Trinajstić information content (AvgIpc) is 2.68. The summed E-state index contributed by atoms with van der Waals surface area (Å²) >= 11 is 0.